The van der Waals surface area contributed by atoms with Gasteiger partial charge in [-0.1, -0.05) is 6.07 Å². The van der Waals surface area contributed by atoms with Gasteiger partial charge in [0, 0.05) is 18.0 Å². The maximum atomic E-state index is 13.0. The molecule has 1 aliphatic heterocycles. The third kappa shape index (κ3) is 5.60. The quantitative estimate of drug-likeness (QED) is 0.647. The first kappa shape index (κ1) is 20.4. The van der Waals surface area contributed by atoms with Gasteiger partial charge in [-0.15, -0.1) is 22.7 Å². The second kappa shape index (κ2) is 8.81. The Bertz CT molecular complexity index is 860. The monoisotopic (exact) mass is 427 g/mol. The predicted molar refractivity (Wildman–Crippen MR) is 111 cm³/mol. The zero-order valence-corrected chi connectivity index (χ0v) is 18.1. The number of amides is 1. The van der Waals surface area contributed by atoms with Crippen molar-refractivity contribution in [3.8, 4) is 9.88 Å². The first-order valence-electron chi connectivity index (χ1n) is 8.97. The van der Waals surface area contributed by atoms with Crippen LogP contribution in [0.2, 0.25) is 0 Å². The summed E-state index contributed by atoms with van der Waals surface area (Å²) in [6.07, 6.45) is 1.58. The van der Waals surface area contributed by atoms with E-state index in [2.05, 4.69) is 9.88 Å². The van der Waals surface area contributed by atoms with Crippen molar-refractivity contribution in [1.82, 2.24) is 14.8 Å². The lowest BCUT2D eigenvalue weighted by Gasteiger charge is -2.28. The van der Waals surface area contributed by atoms with Crippen LogP contribution < -0.4 is 0 Å². The second-order valence-electron chi connectivity index (χ2n) is 7.10. The number of hydrogen-bond acceptors (Lipinski definition) is 7. The molecule has 1 aliphatic rings. The Labute approximate surface area is 168 Å². The molecule has 0 N–H and O–H groups in total. The fraction of sp³-hybridized carbons (Fsp3) is 0.556. The molecular formula is C18H25N3O3S3. The number of nitrogens with zero attached hydrogens (tertiary/aromatic N) is 3. The highest BCUT2D eigenvalue weighted by Gasteiger charge is 2.34. The van der Waals surface area contributed by atoms with Crippen molar-refractivity contribution in [2.75, 3.05) is 38.7 Å². The molecule has 2 aromatic heterocycles. The van der Waals surface area contributed by atoms with Crippen molar-refractivity contribution in [3.63, 3.8) is 0 Å². The van der Waals surface area contributed by atoms with Crippen molar-refractivity contribution >= 4 is 38.4 Å². The first-order valence-corrected chi connectivity index (χ1v) is 12.5. The summed E-state index contributed by atoms with van der Waals surface area (Å²) in [7, 11) is 0.957. The average molecular weight is 428 g/mol. The van der Waals surface area contributed by atoms with Crippen LogP contribution in [-0.4, -0.2) is 73.8 Å². The summed E-state index contributed by atoms with van der Waals surface area (Å²) in [5, 5.41) is 4.86. The number of hydrogen-bond donors (Lipinski definition) is 0. The fourth-order valence-corrected chi connectivity index (χ4v) is 6.61. The number of rotatable bonds is 8. The molecule has 0 bridgehead atoms. The van der Waals surface area contributed by atoms with Gasteiger partial charge in [-0.2, -0.15) is 0 Å². The van der Waals surface area contributed by atoms with Gasteiger partial charge < -0.3 is 9.80 Å². The molecule has 1 unspecified atom stereocenters. The van der Waals surface area contributed by atoms with Gasteiger partial charge in [-0.25, -0.2) is 13.4 Å². The molecule has 1 amide bonds. The van der Waals surface area contributed by atoms with Crippen molar-refractivity contribution in [2.45, 2.75) is 25.3 Å². The Kier molecular flexibility index (Phi) is 6.67. The Morgan fingerprint density at radius 3 is 2.74 bits per heavy atom. The molecule has 1 atom stereocenters. The van der Waals surface area contributed by atoms with Crippen molar-refractivity contribution in [3.05, 3.63) is 28.6 Å². The molecule has 0 aliphatic carbocycles. The predicted octanol–water partition coefficient (Wildman–Crippen LogP) is 2.38. The lowest BCUT2D eigenvalue weighted by molar-refractivity contribution is -0.132. The molecule has 0 saturated carbocycles. The summed E-state index contributed by atoms with van der Waals surface area (Å²) in [6, 6.07) is 3.80. The summed E-state index contributed by atoms with van der Waals surface area (Å²) in [6.45, 7) is 1.45. The van der Waals surface area contributed by atoms with E-state index < -0.39 is 9.84 Å². The van der Waals surface area contributed by atoms with Crippen LogP contribution >= 0.6 is 22.7 Å². The van der Waals surface area contributed by atoms with Gasteiger partial charge in [0.1, 0.15) is 5.01 Å². The standard InChI is InChI=1S/C18H25N3O3S3/c1-20(2)7-4-8-21(15-6-10-27(23,24)13-15)17(22)11-14-12-26-18(19-14)16-5-3-9-25-16/h3,5,9,12,15H,4,6-8,10-11,13H2,1-2H3. The number of thiophene rings is 1. The SMILES string of the molecule is CN(C)CCCN(C(=O)Cc1csc(-c2cccs2)n1)C1CCS(=O)(=O)C1. The maximum Gasteiger partial charge on any atom is 0.228 e. The minimum Gasteiger partial charge on any atom is -0.338 e. The van der Waals surface area contributed by atoms with Gasteiger partial charge in [0.15, 0.2) is 9.84 Å². The lowest BCUT2D eigenvalue weighted by Crippen LogP contribution is -2.43. The summed E-state index contributed by atoms with van der Waals surface area (Å²) in [5.41, 5.74) is 0.756. The minimum absolute atomic E-state index is 0.0288. The van der Waals surface area contributed by atoms with Crippen molar-refractivity contribution in [1.29, 1.82) is 0 Å². The maximum absolute atomic E-state index is 13.0. The first-order chi connectivity index (χ1) is 12.8. The molecule has 3 heterocycles. The zero-order chi connectivity index (χ0) is 19.4. The van der Waals surface area contributed by atoms with Crippen LogP contribution in [0.4, 0.5) is 0 Å². The molecule has 148 valence electrons. The summed E-state index contributed by atoms with van der Waals surface area (Å²) < 4.78 is 23.8. The summed E-state index contributed by atoms with van der Waals surface area (Å²) in [4.78, 5) is 22.5. The van der Waals surface area contributed by atoms with Gasteiger partial charge in [0.25, 0.3) is 0 Å². The molecule has 1 saturated heterocycles. The smallest absolute Gasteiger partial charge is 0.228 e. The molecular weight excluding hydrogens is 402 g/mol. The van der Waals surface area contributed by atoms with Crippen LogP contribution in [0.5, 0.6) is 0 Å². The van der Waals surface area contributed by atoms with E-state index in [0.29, 0.717) is 13.0 Å². The molecule has 1 fully saturated rings. The van der Waals surface area contributed by atoms with Crippen LogP contribution in [0.1, 0.15) is 18.5 Å². The highest BCUT2D eigenvalue weighted by Crippen LogP contribution is 2.28. The van der Waals surface area contributed by atoms with E-state index in [0.717, 1.165) is 28.5 Å². The zero-order valence-electron chi connectivity index (χ0n) is 15.6. The van der Waals surface area contributed by atoms with Crippen molar-refractivity contribution in [2.24, 2.45) is 0 Å². The molecule has 27 heavy (non-hydrogen) atoms. The highest BCUT2D eigenvalue weighted by molar-refractivity contribution is 7.91. The third-order valence-corrected chi connectivity index (χ3v) is 8.27. The van der Waals surface area contributed by atoms with Crippen LogP contribution in [0.25, 0.3) is 9.88 Å². The number of carbonyl (C=O) groups excluding carboxylic acids is 1. The molecule has 6 nitrogen and oxygen atoms in total. The van der Waals surface area contributed by atoms with Crippen LogP contribution in [-0.2, 0) is 21.1 Å². The fourth-order valence-electron chi connectivity index (χ4n) is 3.25. The largest absolute Gasteiger partial charge is 0.338 e. The van der Waals surface area contributed by atoms with Crippen LogP contribution in [0, 0.1) is 0 Å². The van der Waals surface area contributed by atoms with E-state index in [1.807, 2.05) is 37.0 Å². The summed E-state index contributed by atoms with van der Waals surface area (Å²) >= 11 is 3.17. The van der Waals surface area contributed by atoms with Gasteiger partial charge in [-0.05, 0) is 44.9 Å². The van der Waals surface area contributed by atoms with Crippen LogP contribution in [0.15, 0.2) is 22.9 Å². The molecule has 9 heteroatoms. The van der Waals surface area contributed by atoms with E-state index in [-0.39, 0.29) is 29.9 Å². The van der Waals surface area contributed by atoms with E-state index in [1.54, 1.807) is 27.6 Å². The Hall–Kier alpha value is -1.29. The Morgan fingerprint density at radius 2 is 2.11 bits per heavy atom. The Morgan fingerprint density at radius 1 is 1.30 bits per heavy atom. The number of thiazole rings is 1. The van der Waals surface area contributed by atoms with Gasteiger partial charge in [-0.3, -0.25) is 4.79 Å². The lowest BCUT2D eigenvalue weighted by atomic mass is 10.1. The van der Waals surface area contributed by atoms with Crippen LogP contribution in [0.3, 0.4) is 0 Å². The Balaban J connectivity index is 1.68. The second-order valence-corrected chi connectivity index (χ2v) is 11.1. The molecule has 3 rings (SSSR count). The van der Waals surface area contributed by atoms with Crippen molar-refractivity contribution < 1.29 is 13.2 Å². The number of carbonyl (C=O) groups is 1. The van der Waals surface area contributed by atoms with E-state index in [9.17, 15) is 13.2 Å². The van der Waals surface area contributed by atoms with Gasteiger partial charge >= 0.3 is 0 Å². The van der Waals surface area contributed by atoms with Gasteiger partial charge in [0.05, 0.1) is 28.5 Å². The minimum atomic E-state index is -3.03. The third-order valence-electron chi connectivity index (χ3n) is 4.59. The average Bonchev–Trinajstić information content (AvgIpc) is 3.31. The van der Waals surface area contributed by atoms with Gasteiger partial charge in [0.2, 0.25) is 5.91 Å². The number of aromatic nitrogens is 1. The topological polar surface area (TPSA) is 70.6 Å². The molecule has 0 radical (unpaired) electrons. The molecule has 0 aromatic carbocycles. The summed E-state index contributed by atoms with van der Waals surface area (Å²) in [5.74, 6) is 0.228. The molecule has 2 aromatic rings. The number of sulfone groups is 1. The van der Waals surface area contributed by atoms with E-state index in [1.165, 1.54) is 0 Å². The van der Waals surface area contributed by atoms with E-state index >= 15 is 0 Å². The normalized spacial score (nSPS) is 18.9. The van der Waals surface area contributed by atoms with E-state index in [4.69, 9.17) is 0 Å². The molecule has 0 spiro atoms. The highest BCUT2D eigenvalue weighted by atomic mass is 32.2.